The second kappa shape index (κ2) is 3.31. The summed E-state index contributed by atoms with van der Waals surface area (Å²) in [5, 5.41) is 0. The summed E-state index contributed by atoms with van der Waals surface area (Å²) in [6.45, 7) is 0. The Hall–Kier alpha value is 1.29. The third kappa shape index (κ3) is 58.5. The molecule has 0 aliphatic carbocycles. The van der Waals surface area contributed by atoms with Gasteiger partial charge >= 0.3 is 29.6 Å². The van der Waals surface area contributed by atoms with Gasteiger partial charge in [0.25, 0.3) is 9.05 Å². The van der Waals surface area contributed by atoms with E-state index in [1.165, 1.54) is 0 Å². The average molecular weight is 137 g/mol. The van der Waals surface area contributed by atoms with Gasteiger partial charge in [0.15, 0.2) is 0 Å². The molecule has 0 rings (SSSR count). The molecule has 0 saturated carbocycles. The molecule has 32 valence electrons. The first kappa shape index (κ1) is 10.3. The van der Waals surface area contributed by atoms with Crippen molar-refractivity contribution in [1.82, 2.24) is 0 Å². The van der Waals surface area contributed by atoms with Crippen molar-refractivity contribution in [3.8, 4) is 0 Å². The fraction of sp³-hybridized carbons (Fsp3) is 0. The zero-order valence-corrected chi connectivity index (χ0v) is 6.75. The predicted molar refractivity (Wildman–Crippen MR) is 20.8 cm³/mol. The largest absolute Gasteiger partial charge is 1.00 e. The normalized spacial score (nSPS) is 9.67. The summed E-state index contributed by atoms with van der Waals surface area (Å²) in [6, 6.07) is 0. The number of hydrogen-bond donors (Lipinski definition) is 2. The fourth-order valence-corrected chi connectivity index (χ4v) is 0. The van der Waals surface area contributed by atoms with Crippen LogP contribution in [0.2, 0.25) is 0 Å². The monoisotopic (exact) mass is 137 g/mol. The molecular formula is H2NaO3S2+. The Balaban J connectivity index is 0. The van der Waals surface area contributed by atoms with Gasteiger partial charge < -0.3 is 0 Å². The number of rotatable bonds is 0. The molecule has 0 aromatic rings. The second-order valence-corrected chi connectivity index (χ2v) is 2.65. The van der Waals surface area contributed by atoms with E-state index in [0.29, 0.717) is 0 Å². The molecule has 0 radical (unpaired) electrons. The van der Waals surface area contributed by atoms with Crippen molar-refractivity contribution in [3.63, 3.8) is 0 Å². The molecule has 6 heteroatoms. The Kier molecular flexibility index (Phi) is 5.69. The van der Waals surface area contributed by atoms with Gasteiger partial charge in [-0.05, 0) is 0 Å². The van der Waals surface area contributed by atoms with Gasteiger partial charge in [-0.25, -0.2) is 0 Å². The van der Waals surface area contributed by atoms with E-state index in [4.69, 9.17) is 13.3 Å². The average Bonchev–Trinajstić information content (AvgIpc) is 0.722. The van der Waals surface area contributed by atoms with Crippen LogP contribution in [0.3, 0.4) is 0 Å². The van der Waals surface area contributed by atoms with E-state index >= 15 is 0 Å². The molecule has 0 spiro atoms. The molecule has 0 aliphatic heterocycles. The summed E-state index contributed by atoms with van der Waals surface area (Å²) in [5.74, 6) is 0. The van der Waals surface area contributed by atoms with Crippen LogP contribution < -0.4 is 29.6 Å². The minimum Gasteiger partial charge on any atom is -0.285 e. The molecule has 0 unspecified atom stereocenters. The first-order chi connectivity index (χ1) is 2.00. The predicted octanol–water partition coefficient (Wildman–Crippen LogP) is -3.32. The molecule has 0 saturated heterocycles. The van der Waals surface area contributed by atoms with Crippen molar-refractivity contribution in [1.29, 1.82) is 0 Å². The van der Waals surface area contributed by atoms with Crippen molar-refractivity contribution in [2.45, 2.75) is 0 Å². The van der Waals surface area contributed by atoms with Gasteiger partial charge in [-0.2, -0.15) is 4.21 Å². The van der Waals surface area contributed by atoms with E-state index in [2.05, 4.69) is 11.2 Å². The van der Waals surface area contributed by atoms with Crippen LogP contribution in [0.4, 0.5) is 0 Å². The molecule has 0 atom stereocenters. The van der Waals surface area contributed by atoms with Crippen molar-refractivity contribution in [2.24, 2.45) is 0 Å². The maximum atomic E-state index is 9.11. The Morgan fingerprint density at radius 1 is 1.50 bits per heavy atom. The maximum absolute atomic E-state index is 9.11. The second-order valence-electron chi connectivity index (χ2n) is 0.448. The zero-order valence-electron chi connectivity index (χ0n) is 3.12. The summed E-state index contributed by atoms with van der Waals surface area (Å²) in [4.78, 5) is 0. The maximum Gasteiger partial charge on any atom is 1.00 e. The molecule has 3 nitrogen and oxygen atoms in total. The first-order valence-corrected chi connectivity index (χ1v) is 3.10. The van der Waals surface area contributed by atoms with Crippen LogP contribution in [-0.2, 0) is 20.2 Å². The van der Waals surface area contributed by atoms with Gasteiger partial charge in [0, 0.05) is 11.2 Å². The van der Waals surface area contributed by atoms with Crippen LogP contribution in [0.25, 0.3) is 0 Å². The van der Waals surface area contributed by atoms with Crippen LogP contribution in [0.5, 0.6) is 0 Å². The summed E-state index contributed by atoms with van der Waals surface area (Å²) in [7, 11) is -3.83. The van der Waals surface area contributed by atoms with Crippen LogP contribution in [-0.4, -0.2) is 13.3 Å². The van der Waals surface area contributed by atoms with E-state index in [0.717, 1.165) is 0 Å². The summed E-state index contributed by atoms with van der Waals surface area (Å²) in [5.41, 5.74) is 0. The summed E-state index contributed by atoms with van der Waals surface area (Å²) in [6.07, 6.45) is 0. The van der Waals surface area contributed by atoms with Crippen LogP contribution in [0.15, 0.2) is 0 Å². The fourth-order valence-electron chi connectivity index (χ4n) is 0. The topological polar surface area (TPSA) is 57.5 Å². The smallest absolute Gasteiger partial charge is 0.285 e. The Morgan fingerprint density at radius 2 is 1.50 bits per heavy atom. The molecule has 6 heavy (non-hydrogen) atoms. The van der Waals surface area contributed by atoms with Crippen molar-refractivity contribution in [2.75, 3.05) is 0 Å². The van der Waals surface area contributed by atoms with E-state index in [1.54, 1.807) is 0 Å². The molecule has 0 heterocycles. The zero-order chi connectivity index (χ0) is 4.50. The van der Waals surface area contributed by atoms with Crippen LogP contribution in [0.1, 0.15) is 0 Å². The quantitative estimate of drug-likeness (QED) is 0.343. The summed E-state index contributed by atoms with van der Waals surface area (Å²) >= 11 is 3.47. The molecule has 0 amide bonds. The molecule has 2 N–H and O–H groups in total. The summed E-state index contributed by atoms with van der Waals surface area (Å²) < 4.78 is 24.0. The van der Waals surface area contributed by atoms with Crippen molar-refractivity contribution >= 4 is 20.2 Å². The Morgan fingerprint density at radius 3 is 1.50 bits per heavy atom. The van der Waals surface area contributed by atoms with Crippen LogP contribution in [0, 0.1) is 0 Å². The van der Waals surface area contributed by atoms with Gasteiger partial charge in [-0.1, -0.05) is 0 Å². The van der Waals surface area contributed by atoms with E-state index in [-0.39, 0.29) is 29.6 Å². The van der Waals surface area contributed by atoms with Crippen molar-refractivity contribution < 1.29 is 42.9 Å². The number of hydrogen-bond acceptors (Lipinski definition) is 2. The van der Waals surface area contributed by atoms with E-state index < -0.39 is 9.05 Å². The standard InChI is InChI=1S/Na.H2O3S2/c;1-5(2,3)4/h;(H2,1,2,3,4)/q+1;. The van der Waals surface area contributed by atoms with Gasteiger partial charge in [-0.3, -0.25) is 9.11 Å². The van der Waals surface area contributed by atoms with Gasteiger partial charge in [0.2, 0.25) is 0 Å². The molecule has 0 aromatic carbocycles. The third-order valence-corrected chi connectivity index (χ3v) is 0. The molecule has 0 fully saturated rings. The van der Waals surface area contributed by atoms with Gasteiger partial charge in [-0.15, -0.1) is 0 Å². The molecule has 0 aliphatic rings. The van der Waals surface area contributed by atoms with E-state index in [9.17, 15) is 0 Å². The van der Waals surface area contributed by atoms with Gasteiger partial charge in [0.05, 0.1) is 0 Å². The molecular weight excluding hydrogens is 135 g/mol. The van der Waals surface area contributed by atoms with Crippen molar-refractivity contribution in [3.05, 3.63) is 0 Å². The van der Waals surface area contributed by atoms with E-state index in [1.807, 2.05) is 0 Å². The SMILES string of the molecule is O=S(O)(O)=S.[Na+]. The Bertz CT molecular complexity index is 92.0. The minimum absolute atomic E-state index is 0. The van der Waals surface area contributed by atoms with Gasteiger partial charge in [0.1, 0.15) is 0 Å². The van der Waals surface area contributed by atoms with Crippen LogP contribution >= 0.6 is 0 Å². The third-order valence-electron chi connectivity index (χ3n) is 0. The molecule has 0 aromatic heterocycles. The molecule has 0 bridgehead atoms. The first-order valence-electron chi connectivity index (χ1n) is 0.698. The minimum atomic E-state index is -3.83. The Labute approximate surface area is 62.7 Å².